The topological polar surface area (TPSA) is 77.0 Å². The van der Waals surface area contributed by atoms with Gasteiger partial charge >= 0.3 is 0 Å². The van der Waals surface area contributed by atoms with E-state index in [4.69, 9.17) is 14.2 Å². The number of nitrogens with one attached hydrogen (secondary N) is 1. The van der Waals surface area contributed by atoms with E-state index in [1.54, 1.807) is 18.2 Å². The highest BCUT2D eigenvalue weighted by atomic mass is 32.2. The van der Waals surface area contributed by atoms with Crippen LogP contribution >= 0.6 is 11.8 Å². The molecule has 2 atom stereocenters. The molecule has 0 saturated carbocycles. The molecule has 0 spiro atoms. The van der Waals surface area contributed by atoms with E-state index in [0.717, 1.165) is 16.2 Å². The van der Waals surface area contributed by atoms with Crippen LogP contribution in [0.1, 0.15) is 10.8 Å². The third-order valence-corrected chi connectivity index (χ3v) is 6.10. The first-order valence-corrected chi connectivity index (χ1v) is 9.97. The number of fused-ring (bicyclic) bond motifs is 2. The quantitative estimate of drug-likeness (QED) is 0.672. The molecule has 0 aliphatic carbocycles. The smallest absolute Gasteiger partial charge is 0.254 e. The van der Waals surface area contributed by atoms with Crippen molar-refractivity contribution < 1.29 is 24.1 Å². The lowest BCUT2D eigenvalue weighted by Gasteiger charge is -2.19. The van der Waals surface area contributed by atoms with E-state index in [0.29, 0.717) is 22.9 Å². The van der Waals surface area contributed by atoms with Crippen molar-refractivity contribution in [3.05, 3.63) is 72.3 Å². The van der Waals surface area contributed by atoms with Gasteiger partial charge in [0.2, 0.25) is 6.79 Å². The molecule has 0 unspecified atom stereocenters. The number of hydrogen-bond donors (Lipinski definition) is 2. The molecule has 2 N–H and O–H groups in total. The van der Waals surface area contributed by atoms with Gasteiger partial charge in [0.25, 0.3) is 5.91 Å². The average Bonchev–Trinajstić information content (AvgIpc) is 3.17. The zero-order valence-corrected chi connectivity index (χ0v) is 16.0. The minimum atomic E-state index is -1.22. The van der Waals surface area contributed by atoms with Crippen molar-refractivity contribution in [3.8, 4) is 23.0 Å². The van der Waals surface area contributed by atoms with E-state index in [-0.39, 0.29) is 6.79 Å². The lowest BCUT2D eigenvalue weighted by atomic mass is 10.1. The van der Waals surface area contributed by atoms with Gasteiger partial charge in [0.1, 0.15) is 17.6 Å². The van der Waals surface area contributed by atoms with Crippen molar-refractivity contribution in [1.82, 2.24) is 0 Å². The van der Waals surface area contributed by atoms with Gasteiger partial charge in [0.15, 0.2) is 11.5 Å². The summed E-state index contributed by atoms with van der Waals surface area (Å²) in [6.07, 6.45) is -1.22. The fraction of sp³-hybridized carbons (Fsp3) is 0.136. The molecule has 0 aromatic heterocycles. The number of carbonyl (C=O) groups is 1. The number of para-hydroxylation sites is 1. The maximum Gasteiger partial charge on any atom is 0.254 e. The molecule has 5 rings (SSSR count). The van der Waals surface area contributed by atoms with Crippen LogP contribution in [0.3, 0.4) is 0 Å². The Balaban J connectivity index is 1.48. The molecule has 2 aliphatic rings. The molecule has 2 aliphatic heterocycles. The Labute approximate surface area is 171 Å². The predicted octanol–water partition coefficient (Wildman–Crippen LogP) is 4.35. The number of rotatable bonds is 3. The van der Waals surface area contributed by atoms with Crippen LogP contribution in [0, 0.1) is 0 Å². The normalized spacial score (nSPS) is 19.8. The Morgan fingerprint density at radius 1 is 0.966 bits per heavy atom. The Hall–Kier alpha value is -3.16. The Kier molecular flexibility index (Phi) is 4.54. The second kappa shape index (κ2) is 7.35. The molecule has 2 heterocycles. The maximum atomic E-state index is 12.5. The van der Waals surface area contributed by atoms with Crippen LogP contribution in [-0.2, 0) is 4.79 Å². The first kappa shape index (κ1) is 17.9. The van der Waals surface area contributed by atoms with Crippen molar-refractivity contribution in [2.24, 2.45) is 0 Å². The maximum absolute atomic E-state index is 12.5. The molecule has 0 bridgehead atoms. The SMILES string of the molecule is O=C1Nc2ccc(Oc3ccccc3)cc2S[C@H](c2ccc3c(c2)OCO3)[C@@H]1O. The van der Waals surface area contributed by atoms with Crippen molar-refractivity contribution in [2.45, 2.75) is 16.2 Å². The van der Waals surface area contributed by atoms with Gasteiger partial charge in [-0.05, 0) is 48.0 Å². The third-order valence-electron chi connectivity index (χ3n) is 4.72. The highest BCUT2D eigenvalue weighted by Crippen LogP contribution is 2.47. The number of amides is 1. The highest BCUT2D eigenvalue weighted by Gasteiger charge is 2.34. The molecule has 0 fully saturated rings. The van der Waals surface area contributed by atoms with Crippen molar-refractivity contribution >= 4 is 23.4 Å². The standard InChI is InChI=1S/C22H17NO5S/c24-20-21(13-6-9-17-18(10-13)27-12-26-17)29-19-11-15(7-8-16(19)23-22(20)25)28-14-4-2-1-3-5-14/h1-11,20-21,24H,12H2,(H,23,25)/t20-,21+/m0/s1. The minimum absolute atomic E-state index is 0.169. The molecule has 6 nitrogen and oxygen atoms in total. The van der Waals surface area contributed by atoms with Gasteiger partial charge in [-0.2, -0.15) is 0 Å². The molecule has 3 aromatic carbocycles. The van der Waals surface area contributed by atoms with Crippen LogP contribution in [0.15, 0.2) is 71.6 Å². The van der Waals surface area contributed by atoms with Gasteiger partial charge in [-0.15, -0.1) is 11.8 Å². The van der Waals surface area contributed by atoms with Crippen LogP contribution in [0.4, 0.5) is 5.69 Å². The molecule has 146 valence electrons. The van der Waals surface area contributed by atoms with Crippen LogP contribution in [0.2, 0.25) is 0 Å². The summed E-state index contributed by atoms with van der Waals surface area (Å²) in [5, 5.41) is 13.0. The molecular weight excluding hydrogens is 390 g/mol. The van der Waals surface area contributed by atoms with Gasteiger partial charge in [0, 0.05) is 4.90 Å². The summed E-state index contributed by atoms with van der Waals surface area (Å²) in [4.78, 5) is 13.3. The number of aliphatic hydroxyl groups is 1. The minimum Gasteiger partial charge on any atom is -0.457 e. The number of anilines is 1. The molecule has 7 heteroatoms. The van der Waals surface area contributed by atoms with Crippen LogP contribution in [0.5, 0.6) is 23.0 Å². The van der Waals surface area contributed by atoms with E-state index < -0.39 is 17.3 Å². The average molecular weight is 407 g/mol. The van der Waals surface area contributed by atoms with Crippen LogP contribution in [0.25, 0.3) is 0 Å². The van der Waals surface area contributed by atoms with E-state index in [1.165, 1.54) is 11.8 Å². The summed E-state index contributed by atoms with van der Waals surface area (Å²) >= 11 is 1.40. The molecule has 1 amide bonds. The second-order valence-corrected chi connectivity index (χ2v) is 7.84. The van der Waals surface area contributed by atoms with E-state index in [9.17, 15) is 9.90 Å². The molecule has 0 radical (unpaired) electrons. The largest absolute Gasteiger partial charge is 0.457 e. The first-order chi connectivity index (χ1) is 14.2. The zero-order valence-electron chi connectivity index (χ0n) is 15.2. The molecule has 3 aromatic rings. The zero-order chi connectivity index (χ0) is 19.8. The number of thioether (sulfide) groups is 1. The lowest BCUT2D eigenvalue weighted by molar-refractivity contribution is -0.124. The van der Waals surface area contributed by atoms with Crippen LogP contribution in [-0.4, -0.2) is 23.9 Å². The van der Waals surface area contributed by atoms with Gasteiger partial charge in [0.05, 0.1) is 10.9 Å². The van der Waals surface area contributed by atoms with Crippen LogP contribution < -0.4 is 19.5 Å². The van der Waals surface area contributed by atoms with Crippen molar-refractivity contribution in [2.75, 3.05) is 12.1 Å². The molecule has 0 saturated heterocycles. The van der Waals surface area contributed by atoms with Gasteiger partial charge in [-0.25, -0.2) is 0 Å². The van der Waals surface area contributed by atoms with Gasteiger partial charge in [-0.3, -0.25) is 4.79 Å². The summed E-state index contributed by atoms with van der Waals surface area (Å²) in [5.74, 6) is 2.20. The number of carbonyl (C=O) groups excluding carboxylic acids is 1. The highest BCUT2D eigenvalue weighted by molar-refractivity contribution is 7.99. The fourth-order valence-electron chi connectivity index (χ4n) is 3.28. The van der Waals surface area contributed by atoms with E-state index in [1.807, 2.05) is 48.5 Å². The predicted molar refractivity (Wildman–Crippen MR) is 109 cm³/mol. The van der Waals surface area contributed by atoms with E-state index >= 15 is 0 Å². The van der Waals surface area contributed by atoms with Gasteiger partial charge in [-0.1, -0.05) is 24.3 Å². The van der Waals surface area contributed by atoms with Gasteiger partial charge < -0.3 is 24.6 Å². The number of benzene rings is 3. The third kappa shape index (κ3) is 3.50. The summed E-state index contributed by atoms with van der Waals surface area (Å²) in [6.45, 7) is 0.169. The van der Waals surface area contributed by atoms with Crippen molar-refractivity contribution in [3.63, 3.8) is 0 Å². The summed E-state index contributed by atoms with van der Waals surface area (Å²) < 4.78 is 16.7. The second-order valence-electron chi connectivity index (χ2n) is 6.66. The first-order valence-electron chi connectivity index (χ1n) is 9.09. The Bertz CT molecular complexity index is 1070. The molecule has 29 heavy (non-hydrogen) atoms. The summed E-state index contributed by atoms with van der Waals surface area (Å²) in [7, 11) is 0. The fourth-order valence-corrected chi connectivity index (χ4v) is 4.52. The molecular formula is C22H17NO5S. The number of hydrogen-bond acceptors (Lipinski definition) is 6. The monoisotopic (exact) mass is 407 g/mol. The number of aliphatic hydroxyl groups excluding tert-OH is 1. The summed E-state index contributed by atoms with van der Waals surface area (Å²) in [5.41, 5.74) is 1.42. The Morgan fingerprint density at radius 3 is 2.66 bits per heavy atom. The Morgan fingerprint density at radius 2 is 1.79 bits per heavy atom. The summed E-state index contributed by atoms with van der Waals surface area (Å²) in [6, 6.07) is 20.4. The lowest BCUT2D eigenvalue weighted by Crippen LogP contribution is -2.30. The van der Waals surface area contributed by atoms with E-state index in [2.05, 4.69) is 5.32 Å². The number of ether oxygens (including phenoxy) is 3. The van der Waals surface area contributed by atoms with Crippen molar-refractivity contribution in [1.29, 1.82) is 0 Å².